The van der Waals surface area contributed by atoms with Crippen LogP contribution in [0.25, 0.3) is 5.57 Å². The van der Waals surface area contributed by atoms with Crippen LogP contribution in [0.3, 0.4) is 0 Å². The van der Waals surface area contributed by atoms with E-state index in [1.54, 1.807) is 0 Å². The molecule has 0 saturated heterocycles. The van der Waals surface area contributed by atoms with Crippen molar-refractivity contribution in [2.24, 2.45) is 0 Å². The lowest BCUT2D eigenvalue weighted by Crippen LogP contribution is -2.32. The number of nitro benzene ring substituents is 1. The van der Waals surface area contributed by atoms with E-state index in [9.17, 15) is 24.1 Å². The molecule has 0 aromatic heterocycles. The number of carbonyl (C=O) groups excluding carboxylic acids is 2. The van der Waals surface area contributed by atoms with Crippen molar-refractivity contribution < 1.29 is 18.9 Å². The fraction of sp³-hybridized carbons (Fsp3) is 0.0526. The summed E-state index contributed by atoms with van der Waals surface area (Å²) in [6.45, 7) is 3.56. The van der Waals surface area contributed by atoms with Crippen LogP contribution in [0.4, 0.5) is 15.8 Å². The zero-order valence-electron chi connectivity index (χ0n) is 14.0. The summed E-state index contributed by atoms with van der Waals surface area (Å²) in [5.74, 6) is -1.54. The average molecular weight is 367 g/mol. The molecule has 0 atom stereocenters. The first-order chi connectivity index (χ1) is 12.9. The molecule has 0 aliphatic carbocycles. The van der Waals surface area contributed by atoms with Crippen LogP contribution in [0.2, 0.25) is 0 Å². The summed E-state index contributed by atoms with van der Waals surface area (Å²) in [6, 6.07) is 10.6. The first kappa shape index (κ1) is 18.0. The van der Waals surface area contributed by atoms with E-state index in [2.05, 4.69) is 11.9 Å². The zero-order chi connectivity index (χ0) is 19.6. The molecule has 136 valence electrons. The maximum absolute atomic E-state index is 13.1. The first-order valence-electron chi connectivity index (χ1n) is 7.91. The molecule has 1 N–H and O–H groups in total. The van der Waals surface area contributed by atoms with E-state index in [0.29, 0.717) is 11.3 Å². The van der Waals surface area contributed by atoms with E-state index in [4.69, 9.17) is 0 Å². The topological polar surface area (TPSA) is 92.6 Å². The van der Waals surface area contributed by atoms with Crippen molar-refractivity contribution in [3.8, 4) is 0 Å². The number of hydrogen-bond acceptors (Lipinski definition) is 5. The Morgan fingerprint density at radius 2 is 1.70 bits per heavy atom. The van der Waals surface area contributed by atoms with Crippen LogP contribution in [0, 0.1) is 15.9 Å². The van der Waals surface area contributed by atoms with Gasteiger partial charge in [0, 0.05) is 24.4 Å². The Morgan fingerprint density at radius 1 is 1.07 bits per heavy atom. The van der Waals surface area contributed by atoms with Gasteiger partial charge in [-0.3, -0.25) is 24.6 Å². The maximum Gasteiger partial charge on any atom is 0.278 e. The van der Waals surface area contributed by atoms with Crippen LogP contribution in [0.5, 0.6) is 0 Å². The number of anilines is 1. The number of benzene rings is 2. The Balaban J connectivity index is 2.06. The quantitative estimate of drug-likeness (QED) is 0.367. The molecule has 0 unspecified atom stereocenters. The van der Waals surface area contributed by atoms with Gasteiger partial charge in [0.15, 0.2) is 0 Å². The average Bonchev–Trinajstić information content (AvgIpc) is 2.88. The van der Waals surface area contributed by atoms with Gasteiger partial charge in [-0.25, -0.2) is 4.39 Å². The standard InChI is InChI=1S/C19H14FN3O4/c1-2-11-22-18(24)16(12-3-9-15(10-4-12)23(26)27)17(19(22)25)21-14-7-5-13(20)6-8-14/h2-10,21H,1,11H2. The van der Waals surface area contributed by atoms with E-state index in [-0.39, 0.29) is 23.5 Å². The molecule has 0 bridgehead atoms. The smallest absolute Gasteiger partial charge is 0.278 e. The van der Waals surface area contributed by atoms with Gasteiger partial charge in [-0.2, -0.15) is 0 Å². The molecule has 1 heterocycles. The number of non-ortho nitro benzene ring substituents is 1. The van der Waals surface area contributed by atoms with E-state index < -0.39 is 22.6 Å². The number of halogens is 1. The van der Waals surface area contributed by atoms with Crippen molar-refractivity contribution in [2.75, 3.05) is 11.9 Å². The Kier molecular flexibility index (Phi) is 4.80. The molecule has 3 rings (SSSR count). The number of nitrogens with zero attached hydrogens (tertiary/aromatic N) is 2. The monoisotopic (exact) mass is 367 g/mol. The molecule has 7 nitrogen and oxygen atoms in total. The normalized spacial score (nSPS) is 13.9. The minimum atomic E-state index is -0.558. The van der Waals surface area contributed by atoms with Gasteiger partial charge in [-0.1, -0.05) is 6.08 Å². The second-order valence-corrected chi connectivity index (χ2v) is 5.70. The summed E-state index contributed by atoms with van der Waals surface area (Å²) in [5.41, 5.74) is 0.748. The molecule has 0 fully saturated rings. The number of amides is 2. The third kappa shape index (κ3) is 3.45. The highest BCUT2D eigenvalue weighted by molar-refractivity contribution is 6.36. The van der Waals surface area contributed by atoms with Gasteiger partial charge in [-0.05, 0) is 42.0 Å². The number of carbonyl (C=O) groups is 2. The number of imide groups is 1. The van der Waals surface area contributed by atoms with E-state index in [1.165, 1.54) is 54.6 Å². The third-order valence-electron chi connectivity index (χ3n) is 3.96. The van der Waals surface area contributed by atoms with Crippen LogP contribution in [0.1, 0.15) is 5.56 Å². The van der Waals surface area contributed by atoms with Gasteiger partial charge in [0.2, 0.25) is 0 Å². The molecule has 27 heavy (non-hydrogen) atoms. The predicted octanol–water partition coefficient (Wildman–Crippen LogP) is 3.11. The fourth-order valence-electron chi connectivity index (χ4n) is 2.68. The highest BCUT2D eigenvalue weighted by Crippen LogP contribution is 2.31. The third-order valence-corrected chi connectivity index (χ3v) is 3.96. The molecule has 1 aliphatic heterocycles. The molecule has 0 radical (unpaired) electrons. The molecule has 8 heteroatoms. The highest BCUT2D eigenvalue weighted by atomic mass is 19.1. The van der Waals surface area contributed by atoms with Crippen molar-refractivity contribution in [3.05, 3.63) is 88.4 Å². The highest BCUT2D eigenvalue weighted by Gasteiger charge is 2.38. The van der Waals surface area contributed by atoms with Crippen LogP contribution in [0.15, 0.2) is 66.9 Å². The molecule has 2 aromatic rings. The summed E-state index contributed by atoms with van der Waals surface area (Å²) in [7, 11) is 0. The van der Waals surface area contributed by atoms with Crippen molar-refractivity contribution in [3.63, 3.8) is 0 Å². The van der Waals surface area contributed by atoms with Crippen molar-refractivity contribution >= 4 is 28.8 Å². The van der Waals surface area contributed by atoms with Crippen LogP contribution in [-0.2, 0) is 9.59 Å². The number of nitro groups is 1. The second-order valence-electron chi connectivity index (χ2n) is 5.70. The summed E-state index contributed by atoms with van der Waals surface area (Å²) >= 11 is 0. The Morgan fingerprint density at radius 3 is 2.26 bits per heavy atom. The van der Waals surface area contributed by atoms with E-state index >= 15 is 0 Å². The van der Waals surface area contributed by atoms with E-state index in [0.717, 1.165) is 4.90 Å². The largest absolute Gasteiger partial charge is 0.350 e. The van der Waals surface area contributed by atoms with Gasteiger partial charge < -0.3 is 5.32 Å². The number of rotatable bonds is 6. The minimum Gasteiger partial charge on any atom is -0.350 e. The van der Waals surface area contributed by atoms with Crippen molar-refractivity contribution in [1.29, 1.82) is 0 Å². The molecule has 2 aromatic carbocycles. The van der Waals surface area contributed by atoms with E-state index in [1.807, 2.05) is 0 Å². The summed E-state index contributed by atoms with van der Waals surface area (Å²) in [6.07, 6.45) is 1.42. The van der Waals surface area contributed by atoms with Crippen molar-refractivity contribution in [1.82, 2.24) is 4.90 Å². The van der Waals surface area contributed by atoms with Gasteiger partial charge in [0.25, 0.3) is 17.5 Å². The minimum absolute atomic E-state index is 0.0160. The van der Waals surface area contributed by atoms with Crippen LogP contribution >= 0.6 is 0 Å². The fourth-order valence-corrected chi connectivity index (χ4v) is 2.68. The molecule has 0 spiro atoms. The number of nitrogens with one attached hydrogen (secondary N) is 1. The van der Waals surface area contributed by atoms with Gasteiger partial charge >= 0.3 is 0 Å². The Labute approximate surface area is 153 Å². The predicted molar refractivity (Wildman–Crippen MR) is 97.0 cm³/mol. The van der Waals surface area contributed by atoms with Gasteiger partial charge in [0.05, 0.1) is 10.5 Å². The summed E-state index contributed by atoms with van der Waals surface area (Å²) in [5, 5.41) is 13.7. The summed E-state index contributed by atoms with van der Waals surface area (Å²) < 4.78 is 13.1. The van der Waals surface area contributed by atoms with Crippen LogP contribution < -0.4 is 5.32 Å². The summed E-state index contributed by atoms with van der Waals surface area (Å²) in [4.78, 5) is 36.7. The molecular weight excluding hydrogens is 353 g/mol. The lowest BCUT2D eigenvalue weighted by Gasteiger charge is -2.12. The lowest BCUT2D eigenvalue weighted by molar-refractivity contribution is -0.384. The van der Waals surface area contributed by atoms with Gasteiger partial charge in [0.1, 0.15) is 11.5 Å². The Hall–Kier alpha value is -3.81. The van der Waals surface area contributed by atoms with Gasteiger partial charge in [-0.15, -0.1) is 6.58 Å². The molecule has 2 amide bonds. The van der Waals surface area contributed by atoms with Crippen LogP contribution in [-0.4, -0.2) is 28.2 Å². The molecular formula is C19H14FN3O4. The number of hydrogen-bond donors (Lipinski definition) is 1. The first-order valence-corrected chi connectivity index (χ1v) is 7.91. The molecule has 0 saturated carbocycles. The van der Waals surface area contributed by atoms with Crippen molar-refractivity contribution in [2.45, 2.75) is 0 Å². The molecule has 1 aliphatic rings. The second kappa shape index (κ2) is 7.20. The Bertz CT molecular complexity index is 965. The SMILES string of the molecule is C=CCN1C(=O)C(Nc2ccc(F)cc2)=C(c2ccc([N+](=O)[O-])cc2)C1=O. The zero-order valence-corrected chi connectivity index (χ0v) is 14.0. The lowest BCUT2D eigenvalue weighted by atomic mass is 10.0. The maximum atomic E-state index is 13.1.